The molecule has 0 radical (unpaired) electrons. The zero-order chi connectivity index (χ0) is 14.8. The summed E-state index contributed by atoms with van der Waals surface area (Å²) in [6.45, 7) is 4.76. The van der Waals surface area contributed by atoms with Crippen molar-refractivity contribution in [2.75, 3.05) is 12.3 Å². The molecular weight excluding hydrogens is 294 g/mol. The smallest absolute Gasteiger partial charge is 0.190 e. The first-order valence-electron chi connectivity index (χ1n) is 6.99. The van der Waals surface area contributed by atoms with Crippen molar-refractivity contribution < 1.29 is 13.5 Å². The molecule has 1 aromatic rings. The van der Waals surface area contributed by atoms with Gasteiger partial charge in [0, 0.05) is 12.6 Å². The summed E-state index contributed by atoms with van der Waals surface area (Å²) in [4.78, 5) is 0. The van der Waals surface area contributed by atoms with Crippen LogP contribution >= 0.6 is 11.3 Å². The average Bonchev–Trinajstić information content (AvgIpc) is 2.95. The van der Waals surface area contributed by atoms with Crippen molar-refractivity contribution in [1.82, 2.24) is 5.32 Å². The van der Waals surface area contributed by atoms with Crippen molar-refractivity contribution in [2.24, 2.45) is 5.41 Å². The van der Waals surface area contributed by atoms with Gasteiger partial charge in [-0.3, -0.25) is 0 Å². The highest BCUT2D eigenvalue weighted by Gasteiger charge is 2.34. The van der Waals surface area contributed by atoms with Crippen LogP contribution in [0.5, 0.6) is 0 Å². The SMILES string of the molecule is CC1(C)CCC[C@@H]1NC[C@H](O)CS(=O)(=O)c1cccs1. The molecule has 0 bridgehead atoms. The minimum absolute atomic E-state index is 0.215. The minimum Gasteiger partial charge on any atom is -0.391 e. The number of nitrogens with one attached hydrogen (secondary N) is 1. The molecule has 1 saturated carbocycles. The lowest BCUT2D eigenvalue weighted by Crippen LogP contribution is -2.43. The maximum atomic E-state index is 12.0. The van der Waals surface area contributed by atoms with Gasteiger partial charge in [0.25, 0.3) is 0 Å². The van der Waals surface area contributed by atoms with Gasteiger partial charge in [-0.05, 0) is 29.7 Å². The number of hydrogen-bond acceptors (Lipinski definition) is 5. The molecule has 1 heterocycles. The van der Waals surface area contributed by atoms with Crippen LogP contribution < -0.4 is 5.32 Å². The number of thiophene rings is 1. The topological polar surface area (TPSA) is 66.4 Å². The van der Waals surface area contributed by atoms with E-state index in [2.05, 4.69) is 19.2 Å². The molecule has 0 saturated heterocycles. The van der Waals surface area contributed by atoms with E-state index in [9.17, 15) is 13.5 Å². The summed E-state index contributed by atoms with van der Waals surface area (Å²) in [5.41, 5.74) is 0.229. The molecule has 1 aliphatic carbocycles. The first kappa shape index (κ1) is 15.9. The van der Waals surface area contributed by atoms with E-state index in [1.165, 1.54) is 24.2 Å². The number of aliphatic hydroxyl groups is 1. The Balaban J connectivity index is 1.86. The largest absolute Gasteiger partial charge is 0.391 e. The molecule has 2 atom stereocenters. The number of aliphatic hydroxyl groups excluding tert-OH is 1. The van der Waals surface area contributed by atoms with Gasteiger partial charge in [0.05, 0.1) is 11.9 Å². The van der Waals surface area contributed by atoms with E-state index in [0.29, 0.717) is 16.8 Å². The normalized spacial score (nSPS) is 23.9. The Morgan fingerprint density at radius 2 is 2.30 bits per heavy atom. The van der Waals surface area contributed by atoms with Crippen molar-refractivity contribution in [1.29, 1.82) is 0 Å². The third-order valence-electron chi connectivity index (χ3n) is 4.07. The van der Waals surface area contributed by atoms with Crippen molar-refractivity contribution in [2.45, 2.75) is 49.5 Å². The second kappa shape index (κ2) is 6.13. The molecule has 0 spiro atoms. The third kappa shape index (κ3) is 3.81. The van der Waals surface area contributed by atoms with Crippen molar-refractivity contribution in [3.8, 4) is 0 Å². The van der Waals surface area contributed by atoms with E-state index in [4.69, 9.17) is 0 Å². The zero-order valence-corrected chi connectivity index (χ0v) is 13.6. The van der Waals surface area contributed by atoms with E-state index in [-0.39, 0.29) is 11.2 Å². The van der Waals surface area contributed by atoms with Gasteiger partial charge in [0.2, 0.25) is 0 Å². The van der Waals surface area contributed by atoms with Gasteiger partial charge in [-0.1, -0.05) is 26.3 Å². The lowest BCUT2D eigenvalue weighted by molar-refractivity contribution is 0.174. The molecule has 2 rings (SSSR count). The van der Waals surface area contributed by atoms with Crippen LogP contribution in [0.2, 0.25) is 0 Å². The fraction of sp³-hybridized carbons (Fsp3) is 0.714. The Kier molecular flexibility index (Phi) is 4.89. The molecule has 0 amide bonds. The summed E-state index contributed by atoms with van der Waals surface area (Å²) in [6, 6.07) is 3.66. The summed E-state index contributed by atoms with van der Waals surface area (Å²) in [5.74, 6) is -0.215. The van der Waals surface area contributed by atoms with E-state index in [1.807, 2.05) is 0 Å². The average molecular weight is 317 g/mol. The van der Waals surface area contributed by atoms with Gasteiger partial charge < -0.3 is 10.4 Å². The predicted molar refractivity (Wildman–Crippen MR) is 81.8 cm³/mol. The van der Waals surface area contributed by atoms with E-state index < -0.39 is 15.9 Å². The Hall–Kier alpha value is -0.430. The molecule has 6 heteroatoms. The summed E-state index contributed by atoms with van der Waals surface area (Å²) in [7, 11) is -3.36. The number of sulfone groups is 1. The molecule has 0 aliphatic heterocycles. The van der Waals surface area contributed by atoms with Gasteiger partial charge in [0.1, 0.15) is 4.21 Å². The molecule has 2 N–H and O–H groups in total. The highest BCUT2D eigenvalue weighted by atomic mass is 32.2. The molecule has 1 fully saturated rings. The molecule has 4 nitrogen and oxygen atoms in total. The third-order valence-corrected chi connectivity index (χ3v) is 7.36. The molecule has 0 aromatic carbocycles. The number of rotatable bonds is 6. The summed E-state index contributed by atoms with van der Waals surface area (Å²) < 4.78 is 24.4. The summed E-state index contributed by atoms with van der Waals surface area (Å²) >= 11 is 1.20. The van der Waals surface area contributed by atoms with Crippen LogP contribution in [0.15, 0.2) is 21.7 Å². The van der Waals surface area contributed by atoms with E-state index in [0.717, 1.165) is 6.42 Å². The van der Waals surface area contributed by atoms with Crippen LogP contribution in [0, 0.1) is 5.41 Å². The van der Waals surface area contributed by atoms with Gasteiger partial charge in [0.15, 0.2) is 9.84 Å². The molecular formula is C14H23NO3S2. The quantitative estimate of drug-likeness (QED) is 0.843. The molecule has 1 aliphatic rings. The van der Waals surface area contributed by atoms with E-state index in [1.54, 1.807) is 17.5 Å². The standard InChI is InChI=1S/C14H23NO3S2/c1-14(2)7-3-5-12(14)15-9-11(16)10-20(17,18)13-6-4-8-19-13/h4,6,8,11-12,15-16H,3,5,7,9-10H2,1-2H3/t11-,12-/m0/s1. The lowest BCUT2D eigenvalue weighted by Gasteiger charge is -2.28. The maximum absolute atomic E-state index is 12.0. The first-order valence-corrected chi connectivity index (χ1v) is 9.52. The van der Waals surface area contributed by atoms with Crippen molar-refractivity contribution in [3.05, 3.63) is 17.5 Å². The predicted octanol–water partition coefficient (Wildman–Crippen LogP) is 2.05. The second-order valence-electron chi connectivity index (χ2n) is 6.21. The van der Waals surface area contributed by atoms with Crippen LogP contribution in [0.25, 0.3) is 0 Å². The van der Waals surface area contributed by atoms with Crippen LogP contribution in [-0.2, 0) is 9.84 Å². The monoisotopic (exact) mass is 317 g/mol. The Bertz CT molecular complexity index is 523. The maximum Gasteiger partial charge on any atom is 0.190 e. The van der Waals surface area contributed by atoms with Crippen LogP contribution in [0.1, 0.15) is 33.1 Å². The molecule has 0 unspecified atom stereocenters. The Morgan fingerprint density at radius 3 is 2.85 bits per heavy atom. The van der Waals surface area contributed by atoms with Gasteiger partial charge in [-0.2, -0.15) is 0 Å². The van der Waals surface area contributed by atoms with Crippen molar-refractivity contribution in [3.63, 3.8) is 0 Å². The fourth-order valence-corrected chi connectivity index (χ4v) is 5.30. The lowest BCUT2D eigenvalue weighted by atomic mass is 9.87. The Morgan fingerprint density at radius 1 is 1.55 bits per heavy atom. The molecule has 20 heavy (non-hydrogen) atoms. The van der Waals surface area contributed by atoms with Crippen molar-refractivity contribution >= 4 is 21.2 Å². The first-order chi connectivity index (χ1) is 9.31. The highest BCUT2D eigenvalue weighted by molar-refractivity contribution is 7.93. The van der Waals surface area contributed by atoms with Crippen LogP contribution in [0.3, 0.4) is 0 Å². The molecule has 1 aromatic heterocycles. The summed E-state index contributed by atoms with van der Waals surface area (Å²) in [5, 5.41) is 15.0. The zero-order valence-electron chi connectivity index (χ0n) is 12.0. The van der Waals surface area contributed by atoms with Crippen LogP contribution in [-0.4, -0.2) is 38.0 Å². The fourth-order valence-electron chi connectivity index (χ4n) is 2.82. The Labute approximate surface area is 125 Å². The van der Waals surface area contributed by atoms with Gasteiger partial charge in [-0.15, -0.1) is 11.3 Å². The number of hydrogen-bond donors (Lipinski definition) is 2. The summed E-state index contributed by atoms with van der Waals surface area (Å²) in [6.07, 6.45) is 2.60. The molecule has 114 valence electrons. The van der Waals surface area contributed by atoms with Gasteiger partial charge >= 0.3 is 0 Å². The highest BCUT2D eigenvalue weighted by Crippen LogP contribution is 2.37. The minimum atomic E-state index is -3.36. The van der Waals surface area contributed by atoms with Crippen LogP contribution in [0.4, 0.5) is 0 Å². The second-order valence-corrected chi connectivity index (χ2v) is 9.42. The van der Waals surface area contributed by atoms with E-state index >= 15 is 0 Å². The van der Waals surface area contributed by atoms with Gasteiger partial charge in [-0.25, -0.2) is 8.42 Å².